The summed E-state index contributed by atoms with van der Waals surface area (Å²) in [6.07, 6.45) is 8.96. The van der Waals surface area contributed by atoms with E-state index >= 15 is 0 Å². The fourth-order valence-corrected chi connectivity index (χ4v) is 2.73. The summed E-state index contributed by atoms with van der Waals surface area (Å²) >= 11 is 0. The topological polar surface area (TPSA) is 12.0 Å². The zero-order chi connectivity index (χ0) is 16.1. The van der Waals surface area contributed by atoms with Gasteiger partial charge in [0.25, 0.3) is 0 Å². The molecule has 0 atom stereocenters. The van der Waals surface area contributed by atoms with Crippen LogP contribution in [-0.2, 0) is 0 Å². The van der Waals surface area contributed by atoms with Crippen molar-refractivity contribution in [1.82, 2.24) is 5.32 Å². The number of hydrogen-bond acceptors (Lipinski definition) is 1. The van der Waals surface area contributed by atoms with Crippen LogP contribution in [0.1, 0.15) is 44.7 Å². The maximum atomic E-state index is 4.34. The monoisotopic (exact) mass is 293 g/mol. The predicted octanol–water partition coefficient (Wildman–Crippen LogP) is 5.56. The third-order valence-corrected chi connectivity index (χ3v) is 4.02. The van der Waals surface area contributed by atoms with Crippen molar-refractivity contribution in [3.8, 4) is 0 Å². The van der Waals surface area contributed by atoms with E-state index in [1.807, 2.05) is 0 Å². The van der Waals surface area contributed by atoms with E-state index in [0.29, 0.717) is 6.04 Å². The Morgan fingerprint density at radius 1 is 1.18 bits per heavy atom. The SMILES string of the molecule is C=C(C1=CCCC=C1)/C(C)=C(/NC(C)C)c1ccccc1C. The minimum absolute atomic E-state index is 0.383. The quantitative estimate of drug-likeness (QED) is 0.701. The van der Waals surface area contributed by atoms with Crippen LogP contribution in [0.4, 0.5) is 0 Å². The molecule has 0 unspecified atom stereocenters. The predicted molar refractivity (Wildman–Crippen MR) is 97.6 cm³/mol. The lowest BCUT2D eigenvalue weighted by Crippen LogP contribution is -2.23. The van der Waals surface area contributed by atoms with Gasteiger partial charge in [-0.05, 0) is 62.8 Å². The van der Waals surface area contributed by atoms with Crippen molar-refractivity contribution in [2.45, 2.75) is 46.6 Å². The Morgan fingerprint density at radius 3 is 2.50 bits per heavy atom. The van der Waals surface area contributed by atoms with E-state index in [2.05, 4.69) is 82.1 Å². The molecule has 1 heteroatoms. The second kappa shape index (κ2) is 7.31. The highest BCUT2D eigenvalue weighted by molar-refractivity contribution is 5.75. The summed E-state index contributed by atoms with van der Waals surface area (Å²) in [6.45, 7) is 13.0. The number of nitrogens with one attached hydrogen (secondary N) is 1. The van der Waals surface area contributed by atoms with Gasteiger partial charge in [-0.25, -0.2) is 0 Å². The summed E-state index contributed by atoms with van der Waals surface area (Å²) in [5.41, 5.74) is 7.32. The molecule has 0 amide bonds. The lowest BCUT2D eigenvalue weighted by atomic mass is 9.91. The Hall–Kier alpha value is -2.02. The van der Waals surface area contributed by atoms with E-state index in [1.54, 1.807) is 0 Å². The van der Waals surface area contributed by atoms with Crippen molar-refractivity contribution in [2.24, 2.45) is 0 Å². The fraction of sp³-hybridized carbons (Fsp3) is 0.333. The zero-order valence-electron chi connectivity index (χ0n) is 14.2. The molecule has 0 aromatic heterocycles. The maximum Gasteiger partial charge on any atom is 0.0454 e. The normalized spacial score (nSPS) is 15.4. The molecule has 1 N–H and O–H groups in total. The number of benzene rings is 1. The molecule has 0 fully saturated rings. The molecule has 0 aliphatic heterocycles. The minimum atomic E-state index is 0.383. The number of hydrogen-bond donors (Lipinski definition) is 1. The first-order chi connectivity index (χ1) is 10.5. The molecule has 116 valence electrons. The average molecular weight is 293 g/mol. The Kier molecular flexibility index (Phi) is 5.43. The number of allylic oxidation sites excluding steroid dienone is 6. The van der Waals surface area contributed by atoms with Crippen LogP contribution >= 0.6 is 0 Å². The second-order valence-corrected chi connectivity index (χ2v) is 6.23. The molecule has 0 saturated heterocycles. The molecule has 0 heterocycles. The van der Waals surface area contributed by atoms with Gasteiger partial charge in [-0.15, -0.1) is 0 Å². The fourth-order valence-electron chi connectivity index (χ4n) is 2.73. The average Bonchev–Trinajstić information content (AvgIpc) is 2.52. The summed E-state index contributed by atoms with van der Waals surface area (Å²) in [4.78, 5) is 0. The van der Waals surface area contributed by atoms with Crippen molar-refractivity contribution in [1.29, 1.82) is 0 Å². The molecule has 1 aromatic rings. The van der Waals surface area contributed by atoms with Gasteiger partial charge in [0.2, 0.25) is 0 Å². The van der Waals surface area contributed by atoms with Gasteiger partial charge in [0.15, 0.2) is 0 Å². The first-order valence-corrected chi connectivity index (χ1v) is 8.10. The summed E-state index contributed by atoms with van der Waals surface area (Å²) in [7, 11) is 0. The third-order valence-electron chi connectivity index (χ3n) is 4.02. The molecule has 1 nitrogen and oxygen atoms in total. The molecule has 22 heavy (non-hydrogen) atoms. The van der Waals surface area contributed by atoms with Gasteiger partial charge in [0.1, 0.15) is 0 Å². The van der Waals surface area contributed by atoms with E-state index < -0.39 is 0 Å². The Bertz CT molecular complexity index is 642. The first-order valence-electron chi connectivity index (χ1n) is 8.10. The van der Waals surface area contributed by atoms with E-state index in [0.717, 1.165) is 18.4 Å². The molecule has 1 aliphatic carbocycles. The van der Waals surface area contributed by atoms with Crippen molar-refractivity contribution in [2.75, 3.05) is 0 Å². The molecule has 0 radical (unpaired) electrons. The molecule has 0 spiro atoms. The highest BCUT2D eigenvalue weighted by Gasteiger charge is 2.13. The summed E-state index contributed by atoms with van der Waals surface area (Å²) in [5.74, 6) is 0. The highest BCUT2D eigenvalue weighted by atomic mass is 14.9. The first kappa shape index (κ1) is 16.4. The van der Waals surface area contributed by atoms with Gasteiger partial charge in [0.05, 0.1) is 0 Å². The van der Waals surface area contributed by atoms with Crippen LogP contribution in [-0.4, -0.2) is 6.04 Å². The van der Waals surface area contributed by atoms with Crippen molar-refractivity contribution < 1.29 is 0 Å². The van der Waals surface area contributed by atoms with Crippen LogP contribution in [0.3, 0.4) is 0 Å². The molecule has 0 bridgehead atoms. The smallest absolute Gasteiger partial charge is 0.0454 e. The second-order valence-electron chi connectivity index (χ2n) is 6.23. The molecule has 0 saturated carbocycles. The Labute approximate surface area is 135 Å². The van der Waals surface area contributed by atoms with E-state index in [-0.39, 0.29) is 0 Å². The highest BCUT2D eigenvalue weighted by Crippen LogP contribution is 2.29. The van der Waals surface area contributed by atoms with Crippen molar-refractivity contribution in [3.63, 3.8) is 0 Å². The molecule has 2 rings (SSSR count). The van der Waals surface area contributed by atoms with Gasteiger partial charge in [-0.3, -0.25) is 0 Å². The van der Waals surface area contributed by atoms with Crippen LogP contribution in [0.15, 0.2) is 65.8 Å². The Balaban J connectivity index is 2.47. The third kappa shape index (κ3) is 3.79. The van der Waals surface area contributed by atoms with Gasteiger partial charge >= 0.3 is 0 Å². The van der Waals surface area contributed by atoms with E-state index in [4.69, 9.17) is 0 Å². The summed E-state index contributed by atoms with van der Waals surface area (Å²) < 4.78 is 0. The standard InChI is InChI=1S/C21H27N/c1-15(2)22-21(20-14-10-9-11-16(20)3)18(5)17(4)19-12-7-6-8-13-19/h7,9-15,22H,4,6,8H2,1-3,5H3/b21-18+. The van der Waals surface area contributed by atoms with Gasteiger partial charge in [-0.1, -0.05) is 49.1 Å². The Morgan fingerprint density at radius 2 is 1.91 bits per heavy atom. The summed E-state index contributed by atoms with van der Waals surface area (Å²) in [6, 6.07) is 8.91. The van der Waals surface area contributed by atoms with Crippen molar-refractivity contribution >= 4 is 5.70 Å². The largest absolute Gasteiger partial charge is 0.382 e. The number of rotatable bonds is 5. The van der Waals surface area contributed by atoms with Gasteiger partial charge < -0.3 is 5.32 Å². The van der Waals surface area contributed by atoms with Crippen LogP contribution in [0.25, 0.3) is 5.70 Å². The van der Waals surface area contributed by atoms with Gasteiger partial charge in [0, 0.05) is 17.3 Å². The van der Waals surface area contributed by atoms with Crippen LogP contribution in [0.2, 0.25) is 0 Å². The van der Waals surface area contributed by atoms with Crippen LogP contribution in [0, 0.1) is 6.92 Å². The lowest BCUT2D eigenvalue weighted by molar-refractivity contribution is 0.714. The van der Waals surface area contributed by atoms with E-state index in [1.165, 1.54) is 28.0 Å². The maximum absolute atomic E-state index is 4.34. The van der Waals surface area contributed by atoms with Crippen molar-refractivity contribution in [3.05, 3.63) is 76.9 Å². The molecular weight excluding hydrogens is 266 g/mol. The molecule has 1 aromatic carbocycles. The van der Waals surface area contributed by atoms with E-state index in [9.17, 15) is 0 Å². The minimum Gasteiger partial charge on any atom is -0.382 e. The number of aryl methyl sites for hydroxylation is 1. The molecule has 1 aliphatic rings. The zero-order valence-corrected chi connectivity index (χ0v) is 14.2. The summed E-state index contributed by atoms with van der Waals surface area (Å²) in [5, 5.41) is 3.62. The van der Waals surface area contributed by atoms with Gasteiger partial charge in [-0.2, -0.15) is 0 Å². The molecular formula is C21H27N. The lowest BCUT2D eigenvalue weighted by Gasteiger charge is -2.22. The van der Waals surface area contributed by atoms with Crippen LogP contribution in [0.5, 0.6) is 0 Å². The van der Waals surface area contributed by atoms with Crippen LogP contribution < -0.4 is 5.32 Å².